The molecule has 0 aromatic carbocycles. The van der Waals surface area contributed by atoms with Crippen molar-refractivity contribution in [3.63, 3.8) is 0 Å². The summed E-state index contributed by atoms with van der Waals surface area (Å²) in [4.78, 5) is 11.6. The molecule has 0 aliphatic rings. The standard InChI is InChI=1S/C10H11N5O2/c1-3-17-10(16)9-8(13-15-14-9)7-5-4-6(2)11-12-7/h4-5H,3H2,1-2H3,(H,13,14,15). The predicted octanol–water partition coefficient (Wildman–Crippen LogP) is 0.747. The highest BCUT2D eigenvalue weighted by Gasteiger charge is 2.19. The largest absolute Gasteiger partial charge is 0.461 e. The van der Waals surface area contributed by atoms with Gasteiger partial charge in [-0.25, -0.2) is 4.79 Å². The predicted molar refractivity (Wildman–Crippen MR) is 58.1 cm³/mol. The molecule has 0 amide bonds. The number of ether oxygens (including phenoxy) is 1. The van der Waals surface area contributed by atoms with Gasteiger partial charge < -0.3 is 4.74 Å². The molecule has 2 aromatic rings. The molecule has 0 fully saturated rings. The maximum atomic E-state index is 11.6. The molecule has 2 heterocycles. The Morgan fingerprint density at radius 3 is 2.82 bits per heavy atom. The molecule has 7 nitrogen and oxygen atoms in total. The van der Waals surface area contributed by atoms with Crippen LogP contribution in [-0.2, 0) is 4.74 Å². The van der Waals surface area contributed by atoms with Crippen molar-refractivity contribution in [1.82, 2.24) is 25.6 Å². The summed E-state index contributed by atoms with van der Waals surface area (Å²) in [6, 6.07) is 3.51. The number of aromatic amines is 1. The molecule has 0 aliphatic carbocycles. The molecular weight excluding hydrogens is 222 g/mol. The summed E-state index contributed by atoms with van der Waals surface area (Å²) in [5, 5.41) is 17.9. The van der Waals surface area contributed by atoms with Gasteiger partial charge in [0.1, 0.15) is 11.4 Å². The summed E-state index contributed by atoms with van der Waals surface area (Å²) in [6.45, 7) is 3.83. The molecule has 0 bridgehead atoms. The Labute approximate surface area is 97.2 Å². The molecule has 0 radical (unpaired) electrons. The van der Waals surface area contributed by atoms with Crippen LogP contribution in [0.1, 0.15) is 23.1 Å². The highest BCUT2D eigenvalue weighted by molar-refractivity contribution is 5.93. The van der Waals surface area contributed by atoms with Gasteiger partial charge in [-0.3, -0.25) is 0 Å². The van der Waals surface area contributed by atoms with Gasteiger partial charge in [0, 0.05) is 0 Å². The Kier molecular flexibility index (Phi) is 3.08. The Hall–Kier alpha value is -2.31. The third-order valence-corrected chi connectivity index (χ3v) is 2.06. The van der Waals surface area contributed by atoms with E-state index >= 15 is 0 Å². The Morgan fingerprint density at radius 2 is 2.18 bits per heavy atom. The molecule has 2 aromatic heterocycles. The van der Waals surface area contributed by atoms with E-state index in [9.17, 15) is 4.79 Å². The van der Waals surface area contributed by atoms with Gasteiger partial charge >= 0.3 is 5.97 Å². The smallest absolute Gasteiger partial charge is 0.361 e. The van der Waals surface area contributed by atoms with Crippen LogP contribution in [0.4, 0.5) is 0 Å². The summed E-state index contributed by atoms with van der Waals surface area (Å²) in [6.07, 6.45) is 0. The summed E-state index contributed by atoms with van der Waals surface area (Å²) in [5.41, 5.74) is 1.73. The lowest BCUT2D eigenvalue weighted by molar-refractivity contribution is 0.0520. The van der Waals surface area contributed by atoms with Gasteiger partial charge in [-0.1, -0.05) is 0 Å². The van der Waals surface area contributed by atoms with Gasteiger partial charge in [0.25, 0.3) is 0 Å². The number of hydrogen-bond donors (Lipinski definition) is 1. The number of carbonyl (C=O) groups is 1. The monoisotopic (exact) mass is 233 g/mol. The Bertz CT molecular complexity index is 520. The second-order valence-corrected chi connectivity index (χ2v) is 3.30. The quantitative estimate of drug-likeness (QED) is 0.786. The third-order valence-electron chi connectivity index (χ3n) is 2.06. The minimum atomic E-state index is -0.529. The highest BCUT2D eigenvalue weighted by atomic mass is 16.5. The van der Waals surface area contributed by atoms with Crippen molar-refractivity contribution in [2.24, 2.45) is 0 Å². The number of nitrogens with one attached hydrogen (secondary N) is 1. The maximum absolute atomic E-state index is 11.6. The molecule has 1 N–H and O–H groups in total. The van der Waals surface area contributed by atoms with E-state index in [4.69, 9.17) is 4.74 Å². The lowest BCUT2D eigenvalue weighted by atomic mass is 10.2. The minimum absolute atomic E-state index is 0.116. The number of esters is 1. The van der Waals surface area contributed by atoms with Crippen LogP contribution in [0.15, 0.2) is 12.1 Å². The van der Waals surface area contributed by atoms with E-state index < -0.39 is 5.97 Å². The van der Waals surface area contributed by atoms with Crippen molar-refractivity contribution in [3.8, 4) is 11.4 Å². The van der Waals surface area contributed by atoms with Crippen molar-refractivity contribution in [1.29, 1.82) is 0 Å². The van der Waals surface area contributed by atoms with Crippen molar-refractivity contribution >= 4 is 5.97 Å². The Balaban J connectivity index is 2.36. The van der Waals surface area contributed by atoms with Crippen LogP contribution in [0.25, 0.3) is 11.4 Å². The first kappa shape index (κ1) is 11.2. The molecule has 0 saturated carbocycles. The average Bonchev–Trinajstić information content (AvgIpc) is 2.79. The lowest BCUT2D eigenvalue weighted by Gasteiger charge is -2.00. The van der Waals surface area contributed by atoms with Crippen molar-refractivity contribution in [3.05, 3.63) is 23.5 Å². The number of nitrogens with zero attached hydrogens (tertiary/aromatic N) is 4. The highest BCUT2D eigenvalue weighted by Crippen LogP contribution is 2.16. The average molecular weight is 233 g/mol. The third kappa shape index (κ3) is 2.27. The molecule has 88 valence electrons. The molecule has 0 atom stereocenters. The van der Waals surface area contributed by atoms with Gasteiger partial charge in [-0.2, -0.15) is 15.4 Å². The first-order valence-electron chi connectivity index (χ1n) is 5.11. The fourth-order valence-corrected chi connectivity index (χ4v) is 1.28. The molecule has 0 spiro atoms. The van der Waals surface area contributed by atoms with Crippen LogP contribution in [-0.4, -0.2) is 38.2 Å². The van der Waals surface area contributed by atoms with Crippen molar-refractivity contribution < 1.29 is 9.53 Å². The number of aromatic nitrogens is 5. The summed E-state index contributed by atoms with van der Waals surface area (Å²) < 4.78 is 4.86. The summed E-state index contributed by atoms with van der Waals surface area (Å²) in [7, 11) is 0. The zero-order valence-corrected chi connectivity index (χ0v) is 9.47. The summed E-state index contributed by atoms with van der Waals surface area (Å²) in [5.74, 6) is -0.529. The number of H-pyrrole nitrogens is 1. The Morgan fingerprint density at radius 1 is 1.35 bits per heavy atom. The van der Waals surface area contributed by atoms with Crippen molar-refractivity contribution in [2.75, 3.05) is 6.61 Å². The first-order valence-corrected chi connectivity index (χ1v) is 5.11. The van der Waals surface area contributed by atoms with E-state index in [0.717, 1.165) is 5.69 Å². The van der Waals surface area contributed by atoms with Crippen molar-refractivity contribution in [2.45, 2.75) is 13.8 Å². The number of rotatable bonds is 3. The molecule has 0 saturated heterocycles. The molecule has 2 rings (SSSR count). The number of carbonyl (C=O) groups excluding carboxylic acids is 1. The first-order chi connectivity index (χ1) is 8.22. The normalized spacial score (nSPS) is 10.2. The molecule has 17 heavy (non-hydrogen) atoms. The van der Waals surface area contributed by atoms with E-state index in [1.165, 1.54) is 0 Å². The second-order valence-electron chi connectivity index (χ2n) is 3.30. The van der Waals surface area contributed by atoms with Gasteiger partial charge in [0.05, 0.1) is 12.3 Å². The molecule has 0 aliphatic heterocycles. The van der Waals surface area contributed by atoms with Crippen LogP contribution in [0.5, 0.6) is 0 Å². The van der Waals surface area contributed by atoms with Crippen LogP contribution in [0.3, 0.4) is 0 Å². The van der Waals surface area contributed by atoms with Gasteiger partial charge in [0.2, 0.25) is 0 Å². The van der Waals surface area contributed by atoms with E-state index in [-0.39, 0.29) is 12.3 Å². The van der Waals surface area contributed by atoms with E-state index in [1.807, 2.05) is 6.92 Å². The number of aryl methyl sites for hydroxylation is 1. The zero-order valence-electron chi connectivity index (χ0n) is 9.47. The topological polar surface area (TPSA) is 93.7 Å². The van der Waals surface area contributed by atoms with E-state index in [0.29, 0.717) is 11.4 Å². The molecule has 7 heteroatoms. The van der Waals surface area contributed by atoms with Crippen LogP contribution in [0, 0.1) is 6.92 Å². The molecule has 0 unspecified atom stereocenters. The fraction of sp³-hybridized carbons (Fsp3) is 0.300. The maximum Gasteiger partial charge on any atom is 0.361 e. The van der Waals surface area contributed by atoms with E-state index in [1.54, 1.807) is 19.1 Å². The van der Waals surface area contributed by atoms with Gasteiger partial charge in [0.15, 0.2) is 5.69 Å². The van der Waals surface area contributed by atoms with Crippen LogP contribution in [0.2, 0.25) is 0 Å². The second kappa shape index (κ2) is 4.69. The van der Waals surface area contributed by atoms with Gasteiger partial charge in [-0.15, -0.1) is 10.2 Å². The zero-order chi connectivity index (χ0) is 12.3. The molecular formula is C10H11N5O2. The fourth-order valence-electron chi connectivity index (χ4n) is 1.28. The van der Waals surface area contributed by atoms with Crippen LogP contribution >= 0.6 is 0 Å². The van der Waals surface area contributed by atoms with Crippen LogP contribution < -0.4 is 0 Å². The summed E-state index contributed by atoms with van der Waals surface area (Å²) >= 11 is 0. The minimum Gasteiger partial charge on any atom is -0.461 e. The number of hydrogen-bond acceptors (Lipinski definition) is 6. The lowest BCUT2D eigenvalue weighted by Crippen LogP contribution is -2.07. The SMILES string of the molecule is CCOC(=O)c1n[nH]nc1-c1ccc(C)nn1. The van der Waals surface area contributed by atoms with Gasteiger partial charge in [-0.05, 0) is 26.0 Å². The van der Waals surface area contributed by atoms with E-state index in [2.05, 4.69) is 25.6 Å².